The van der Waals surface area contributed by atoms with E-state index >= 15 is 0 Å². The van der Waals surface area contributed by atoms with Crippen molar-refractivity contribution in [1.82, 2.24) is 4.98 Å². The average molecular weight is 306 g/mol. The van der Waals surface area contributed by atoms with E-state index in [0.717, 1.165) is 21.3 Å². The lowest BCUT2D eigenvalue weighted by molar-refractivity contribution is 0.717. The lowest BCUT2D eigenvalue weighted by Crippen LogP contribution is -2.15. The highest BCUT2D eigenvalue weighted by Gasteiger charge is 2.12. The van der Waals surface area contributed by atoms with Crippen LogP contribution in [-0.2, 0) is 6.42 Å². The molecule has 0 fully saturated rings. The van der Waals surface area contributed by atoms with Crippen LogP contribution in [0.15, 0.2) is 41.1 Å². The summed E-state index contributed by atoms with van der Waals surface area (Å²) in [5.74, 6) is 0. The summed E-state index contributed by atoms with van der Waals surface area (Å²) in [5, 5.41) is 0. The number of nitrogen functional groups attached to an aromatic ring is 1. The van der Waals surface area contributed by atoms with Crippen LogP contribution in [0.3, 0.4) is 0 Å². The van der Waals surface area contributed by atoms with Crippen LogP contribution < -0.4 is 11.5 Å². The largest absolute Gasteiger partial charge is 0.398 e. The Bertz CT molecular complexity index is 554. The Hall–Kier alpha value is -1.39. The summed E-state index contributed by atoms with van der Waals surface area (Å²) in [4.78, 5) is 4.08. The highest BCUT2D eigenvalue weighted by Crippen LogP contribution is 2.26. The normalized spacial score (nSPS) is 12.4. The molecule has 4 heteroatoms. The zero-order chi connectivity index (χ0) is 13.1. The molecule has 0 bridgehead atoms. The molecule has 1 heterocycles. The van der Waals surface area contributed by atoms with Crippen molar-refractivity contribution in [2.75, 3.05) is 5.73 Å². The minimum atomic E-state index is -0.0912. The van der Waals surface area contributed by atoms with Gasteiger partial charge in [-0.05, 0) is 42.2 Å². The third-order valence-electron chi connectivity index (χ3n) is 2.94. The van der Waals surface area contributed by atoms with Crippen molar-refractivity contribution in [2.45, 2.75) is 19.4 Å². The van der Waals surface area contributed by atoms with Crippen LogP contribution >= 0.6 is 15.9 Å². The Morgan fingerprint density at radius 3 is 2.78 bits per heavy atom. The van der Waals surface area contributed by atoms with Gasteiger partial charge in [0.1, 0.15) is 0 Å². The van der Waals surface area contributed by atoms with Gasteiger partial charge in [-0.1, -0.05) is 28.1 Å². The molecule has 1 aromatic heterocycles. The molecule has 1 aromatic carbocycles. The average Bonchev–Trinajstić information content (AvgIpc) is 2.32. The first-order chi connectivity index (χ1) is 8.58. The van der Waals surface area contributed by atoms with E-state index in [4.69, 9.17) is 11.5 Å². The Labute approximate surface area is 115 Å². The predicted octanol–water partition coefficient (Wildman–Crippen LogP) is 2.98. The monoisotopic (exact) mass is 305 g/mol. The highest BCUT2D eigenvalue weighted by atomic mass is 79.9. The van der Waals surface area contributed by atoms with Crippen molar-refractivity contribution in [1.29, 1.82) is 0 Å². The number of hydrogen-bond acceptors (Lipinski definition) is 3. The molecule has 1 atom stereocenters. The van der Waals surface area contributed by atoms with Crippen LogP contribution in [0.5, 0.6) is 0 Å². The van der Waals surface area contributed by atoms with E-state index in [1.165, 1.54) is 5.56 Å². The second-order valence-electron chi connectivity index (χ2n) is 4.41. The molecule has 4 N–H and O–H groups in total. The smallest absolute Gasteiger partial charge is 0.0378 e. The fourth-order valence-electron chi connectivity index (χ4n) is 1.89. The summed E-state index contributed by atoms with van der Waals surface area (Å²) in [6.07, 6.45) is 4.14. The predicted molar refractivity (Wildman–Crippen MR) is 78.2 cm³/mol. The summed E-state index contributed by atoms with van der Waals surface area (Å²) < 4.78 is 1.04. The van der Waals surface area contributed by atoms with Crippen LogP contribution in [0.4, 0.5) is 5.69 Å². The molecule has 0 amide bonds. The van der Waals surface area contributed by atoms with E-state index in [1.807, 2.05) is 0 Å². The summed E-state index contributed by atoms with van der Waals surface area (Å²) in [6.45, 7) is 2.05. The first-order valence-electron chi connectivity index (χ1n) is 5.78. The van der Waals surface area contributed by atoms with Gasteiger partial charge in [0, 0.05) is 28.6 Å². The van der Waals surface area contributed by atoms with Crippen molar-refractivity contribution in [2.24, 2.45) is 5.73 Å². The first kappa shape index (κ1) is 13.1. The van der Waals surface area contributed by atoms with Gasteiger partial charge in [-0.2, -0.15) is 0 Å². The van der Waals surface area contributed by atoms with Gasteiger partial charge in [-0.3, -0.25) is 4.98 Å². The fraction of sp³-hybridized carbons (Fsp3) is 0.214. The molecular weight excluding hydrogens is 290 g/mol. The van der Waals surface area contributed by atoms with E-state index in [1.54, 1.807) is 18.5 Å². The third-order valence-corrected chi connectivity index (χ3v) is 3.62. The van der Waals surface area contributed by atoms with Gasteiger partial charge in [0.05, 0.1) is 0 Å². The van der Waals surface area contributed by atoms with Gasteiger partial charge >= 0.3 is 0 Å². The minimum absolute atomic E-state index is 0.0912. The number of aryl methyl sites for hydroxylation is 1. The van der Waals surface area contributed by atoms with Gasteiger partial charge in [-0.15, -0.1) is 0 Å². The molecule has 18 heavy (non-hydrogen) atoms. The molecule has 0 radical (unpaired) electrons. The van der Waals surface area contributed by atoms with Crippen LogP contribution in [0.2, 0.25) is 0 Å². The lowest BCUT2D eigenvalue weighted by Gasteiger charge is -2.15. The topological polar surface area (TPSA) is 64.9 Å². The third kappa shape index (κ3) is 2.89. The first-order valence-corrected chi connectivity index (χ1v) is 6.57. The van der Waals surface area contributed by atoms with E-state index in [2.05, 4.69) is 46.0 Å². The summed E-state index contributed by atoms with van der Waals surface area (Å²) >= 11 is 3.55. The number of pyridine rings is 1. The maximum atomic E-state index is 6.23. The maximum Gasteiger partial charge on any atom is 0.0378 e. The van der Waals surface area contributed by atoms with Crippen molar-refractivity contribution in [3.05, 3.63) is 57.8 Å². The molecule has 3 nitrogen and oxygen atoms in total. The molecule has 0 aliphatic heterocycles. The van der Waals surface area contributed by atoms with Crippen molar-refractivity contribution < 1.29 is 0 Å². The Balaban J connectivity index is 2.22. The summed E-state index contributed by atoms with van der Waals surface area (Å²) in [7, 11) is 0. The fourth-order valence-corrected chi connectivity index (χ4v) is 2.68. The van der Waals surface area contributed by atoms with E-state index in [9.17, 15) is 0 Å². The van der Waals surface area contributed by atoms with Crippen LogP contribution in [0, 0.1) is 6.92 Å². The van der Waals surface area contributed by atoms with Crippen LogP contribution in [0.1, 0.15) is 22.7 Å². The number of rotatable bonds is 3. The minimum Gasteiger partial charge on any atom is -0.398 e. The van der Waals surface area contributed by atoms with Gasteiger partial charge in [0.15, 0.2) is 0 Å². The Morgan fingerprint density at radius 2 is 2.11 bits per heavy atom. The lowest BCUT2D eigenvalue weighted by atomic mass is 9.99. The zero-order valence-electron chi connectivity index (χ0n) is 10.2. The number of aromatic nitrogens is 1. The number of hydrogen-bond donors (Lipinski definition) is 2. The molecule has 0 spiro atoms. The number of nitrogens with two attached hydrogens (primary N) is 2. The van der Waals surface area contributed by atoms with Gasteiger partial charge < -0.3 is 11.5 Å². The van der Waals surface area contributed by atoms with E-state index < -0.39 is 0 Å². The number of benzene rings is 1. The molecular formula is C14H16BrN3. The molecule has 0 aliphatic rings. The van der Waals surface area contributed by atoms with E-state index in [-0.39, 0.29) is 6.04 Å². The SMILES string of the molecule is Cc1ccc(C(N)Cc2cnccc2N)c(Br)c1. The van der Waals surface area contributed by atoms with Crippen molar-refractivity contribution in [3.63, 3.8) is 0 Å². The standard InChI is InChI=1S/C14H16BrN3/c1-9-2-3-11(12(15)6-9)14(17)7-10-8-18-5-4-13(10)16/h2-6,8,14H,7,17H2,1H3,(H2,16,18). The van der Waals surface area contributed by atoms with Crippen molar-refractivity contribution >= 4 is 21.6 Å². The van der Waals surface area contributed by atoms with Gasteiger partial charge in [-0.25, -0.2) is 0 Å². The van der Waals surface area contributed by atoms with Crippen molar-refractivity contribution in [3.8, 4) is 0 Å². The Kier molecular flexibility index (Phi) is 3.99. The van der Waals surface area contributed by atoms with Gasteiger partial charge in [0.2, 0.25) is 0 Å². The molecule has 0 saturated carbocycles. The second-order valence-corrected chi connectivity index (χ2v) is 5.26. The Morgan fingerprint density at radius 1 is 1.33 bits per heavy atom. The van der Waals surface area contributed by atoms with Crippen LogP contribution in [0.25, 0.3) is 0 Å². The molecule has 2 rings (SSSR count). The van der Waals surface area contributed by atoms with Crippen LogP contribution in [-0.4, -0.2) is 4.98 Å². The molecule has 2 aromatic rings. The number of halogens is 1. The van der Waals surface area contributed by atoms with Gasteiger partial charge in [0.25, 0.3) is 0 Å². The molecule has 94 valence electrons. The quantitative estimate of drug-likeness (QED) is 0.916. The number of anilines is 1. The maximum absolute atomic E-state index is 6.23. The highest BCUT2D eigenvalue weighted by molar-refractivity contribution is 9.10. The molecule has 0 aliphatic carbocycles. The second kappa shape index (κ2) is 5.50. The zero-order valence-corrected chi connectivity index (χ0v) is 11.8. The summed E-state index contributed by atoms with van der Waals surface area (Å²) in [5.41, 5.74) is 16.2. The molecule has 0 saturated heterocycles. The summed E-state index contributed by atoms with van der Waals surface area (Å²) in [6, 6.07) is 7.89. The number of nitrogens with zero attached hydrogens (tertiary/aromatic N) is 1. The molecule has 1 unspecified atom stereocenters. The van der Waals surface area contributed by atoms with E-state index in [0.29, 0.717) is 6.42 Å².